The van der Waals surface area contributed by atoms with E-state index in [1.807, 2.05) is 29.5 Å². The number of hydrogen-bond acceptors (Lipinski definition) is 7. The topological polar surface area (TPSA) is 89.3 Å². The zero-order valence-corrected chi connectivity index (χ0v) is 27.5. The number of nitrogens with one attached hydrogen (secondary N) is 1. The lowest BCUT2D eigenvalue weighted by Gasteiger charge is -2.44. The Morgan fingerprint density at radius 3 is 2.43 bits per heavy atom. The van der Waals surface area contributed by atoms with Gasteiger partial charge < -0.3 is 10.1 Å². The van der Waals surface area contributed by atoms with Crippen LogP contribution in [-0.2, 0) is 21.5 Å². The summed E-state index contributed by atoms with van der Waals surface area (Å²) in [5.41, 5.74) is -1.06. The van der Waals surface area contributed by atoms with E-state index in [1.165, 1.54) is 30.3 Å². The monoisotopic (exact) mass is 629 g/mol. The number of ketones is 1. The number of hydrogen-bond donors (Lipinski definition) is 1. The van der Waals surface area contributed by atoms with Crippen LogP contribution < -0.4 is 5.32 Å². The minimum Gasteiger partial charge on any atom is -0.460 e. The molecule has 1 N–H and O–H groups in total. The van der Waals surface area contributed by atoms with Crippen molar-refractivity contribution in [1.29, 1.82) is 0 Å². The second-order valence-corrected chi connectivity index (χ2v) is 14.2. The van der Waals surface area contributed by atoms with Gasteiger partial charge in [0.15, 0.2) is 17.4 Å². The van der Waals surface area contributed by atoms with E-state index in [0.29, 0.717) is 31.0 Å². The van der Waals surface area contributed by atoms with Gasteiger partial charge in [0.05, 0.1) is 33.8 Å². The maximum atomic E-state index is 15.3. The number of Topliss-reactive ketones (excluding diaryl/α,β-unsaturated/α-hetero) is 1. The number of aryl methyl sites for hydroxylation is 1. The van der Waals surface area contributed by atoms with Crippen LogP contribution in [0.15, 0.2) is 36.4 Å². The van der Waals surface area contributed by atoms with Crippen LogP contribution >= 0.6 is 11.6 Å². The van der Waals surface area contributed by atoms with E-state index in [2.05, 4.69) is 36.2 Å². The van der Waals surface area contributed by atoms with Crippen molar-refractivity contribution >= 4 is 35.0 Å². The molecule has 0 saturated carbocycles. The highest BCUT2D eigenvalue weighted by Gasteiger charge is 2.47. The first-order valence-electron chi connectivity index (χ1n) is 14.8. The molecule has 0 aliphatic carbocycles. The van der Waals surface area contributed by atoms with Crippen LogP contribution in [0.3, 0.4) is 0 Å². The standard InChI is InChI=1S/C33H42ClF2N5O3/c1-20-16-28(39-41(20)31(3,4)5)38-27-13-12-24(35)25(37-27)18-33(30(43)44-32(6,7)8)14-15-40(21(2)17-33)19-26(42)22-10-9-11-23(34)29(22)36/h9-13,16,21H,14-15,17-19H2,1-8H3,(H,37,38,39)/t21-,33-/m1/s1. The van der Waals surface area contributed by atoms with Crippen molar-refractivity contribution in [3.8, 4) is 0 Å². The third-order valence-electron chi connectivity index (χ3n) is 7.82. The molecule has 0 spiro atoms. The molecule has 1 aliphatic rings. The summed E-state index contributed by atoms with van der Waals surface area (Å²) in [6, 6.07) is 8.83. The molecule has 3 heterocycles. The molecule has 238 valence electrons. The van der Waals surface area contributed by atoms with Gasteiger partial charge in [0.25, 0.3) is 0 Å². The lowest BCUT2D eigenvalue weighted by Crippen LogP contribution is -2.52. The predicted molar refractivity (Wildman–Crippen MR) is 167 cm³/mol. The molecule has 4 rings (SSSR count). The van der Waals surface area contributed by atoms with E-state index in [0.717, 1.165) is 5.69 Å². The van der Waals surface area contributed by atoms with Crippen molar-refractivity contribution < 1.29 is 23.1 Å². The average Bonchev–Trinajstić information content (AvgIpc) is 3.28. The highest BCUT2D eigenvalue weighted by atomic mass is 35.5. The molecule has 1 fully saturated rings. The Balaban J connectivity index is 1.58. The summed E-state index contributed by atoms with van der Waals surface area (Å²) in [5, 5.41) is 7.69. The second kappa shape index (κ2) is 12.6. The maximum Gasteiger partial charge on any atom is 0.313 e. The first-order valence-corrected chi connectivity index (χ1v) is 15.2. The number of anilines is 2. The van der Waals surface area contributed by atoms with E-state index in [1.54, 1.807) is 20.8 Å². The molecule has 2 aromatic heterocycles. The third-order valence-corrected chi connectivity index (χ3v) is 8.11. The maximum absolute atomic E-state index is 15.3. The molecule has 0 radical (unpaired) electrons. The van der Waals surface area contributed by atoms with Crippen LogP contribution in [0, 0.1) is 24.0 Å². The Morgan fingerprint density at radius 2 is 1.82 bits per heavy atom. The molecular formula is C33H42ClF2N5O3. The van der Waals surface area contributed by atoms with Gasteiger partial charge in [-0.25, -0.2) is 13.8 Å². The molecule has 3 aromatic rings. The van der Waals surface area contributed by atoms with Gasteiger partial charge >= 0.3 is 5.97 Å². The predicted octanol–water partition coefficient (Wildman–Crippen LogP) is 7.25. The van der Waals surface area contributed by atoms with Crippen molar-refractivity contribution in [3.05, 3.63) is 70.0 Å². The van der Waals surface area contributed by atoms with E-state index in [-0.39, 0.29) is 40.8 Å². The highest BCUT2D eigenvalue weighted by Crippen LogP contribution is 2.41. The Bertz CT molecular complexity index is 1550. The van der Waals surface area contributed by atoms with Crippen molar-refractivity contribution in [2.24, 2.45) is 5.41 Å². The van der Waals surface area contributed by atoms with Crippen LogP contribution in [0.5, 0.6) is 0 Å². The van der Waals surface area contributed by atoms with E-state index >= 15 is 4.39 Å². The summed E-state index contributed by atoms with van der Waals surface area (Å²) >= 11 is 5.89. The van der Waals surface area contributed by atoms with Gasteiger partial charge in [0, 0.05) is 30.8 Å². The van der Waals surface area contributed by atoms with Gasteiger partial charge in [-0.1, -0.05) is 17.7 Å². The van der Waals surface area contributed by atoms with E-state index < -0.39 is 34.4 Å². The van der Waals surface area contributed by atoms with Gasteiger partial charge in [-0.2, -0.15) is 5.10 Å². The fourth-order valence-corrected chi connectivity index (χ4v) is 5.92. The summed E-state index contributed by atoms with van der Waals surface area (Å²) in [5.74, 6) is -1.15. The number of benzene rings is 1. The number of halogens is 3. The SMILES string of the molecule is Cc1cc(Nc2ccc(F)c(C[C@@]3(C(=O)OC(C)(C)C)CCN(CC(=O)c4cccc(Cl)c4F)[C@H](C)C3)n2)nn1C(C)(C)C. The number of carbonyl (C=O) groups is 2. The minimum atomic E-state index is -1.09. The second-order valence-electron chi connectivity index (χ2n) is 13.8. The van der Waals surface area contributed by atoms with Crippen LogP contribution in [-0.4, -0.2) is 56.1 Å². The molecule has 0 bridgehead atoms. The Labute approximate surface area is 263 Å². The zero-order valence-electron chi connectivity index (χ0n) is 26.7. The summed E-state index contributed by atoms with van der Waals surface area (Å²) in [4.78, 5) is 33.3. The lowest BCUT2D eigenvalue weighted by atomic mass is 9.72. The number of carbonyl (C=O) groups excluding carboxylic acids is 2. The number of nitrogens with zero attached hydrogens (tertiary/aromatic N) is 4. The highest BCUT2D eigenvalue weighted by molar-refractivity contribution is 6.31. The first-order chi connectivity index (χ1) is 20.4. The molecule has 1 aromatic carbocycles. The average molecular weight is 630 g/mol. The number of rotatable bonds is 8. The van der Waals surface area contributed by atoms with Crippen molar-refractivity contribution in [3.63, 3.8) is 0 Å². The third kappa shape index (κ3) is 7.64. The summed E-state index contributed by atoms with van der Waals surface area (Å²) in [6.45, 7) is 15.7. The molecule has 0 unspecified atom stereocenters. The summed E-state index contributed by atoms with van der Waals surface area (Å²) < 4.78 is 37.6. The fraction of sp³-hybridized carbons (Fsp3) is 0.515. The normalized spacial score (nSPS) is 19.6. The van der Waals surface area contributed by atoms with Crippen LogP contribution in [0.1, 0.15) is 83.1 Å². The van der Waals surface area contributed by atoms with Gasteiger partial charge in [-0.3, -0.25) is 19.2 Å². The van der Waals surface area contributed by atoms with Crippen molar-refractivity contribution in [1.82, 2.24) is 19.7 Å². The number of piperidine rings is 1. The van der Waals surface area contributed by atoms with Gasteiger partial charge in [-0.15, -0.1) is 0 Å². The molecule has 0 amide bonds. The Hall–Kier alpha value is -3.37. The fourth-order valence-electron chi connectivity index (χ4n) is 5.75. The number of pyridine rings is 1. The van der Waals surface area contributed by atoms with E-state index in [9.17, 15) is 14.0 Å². The molecule has 1 saturated heterocycles. The van der Waals surface area contributed by atoms with Crippen LogP contribution in [0.25, 0.3) is 0 Å². The number of esters is 1. The van der Waals surface area contributed by atoms with Crippen molar-refractivity contribution in [2.75, 3.05) is 18.4 Å². The number of likely N-dealkylation sites (tertiary alicyclic amines) is 1. The van der Waals surface area contributed by atoms with Gasteiger partial charge in [0.2, 0.25) is 0 Å². The molecular weight excluding hydrogens is 588 g/mol. The van der Waals surface area contributed by atoms with E-state index in [4.69, 9.17) is 16.3 Å². The van der Waals surface area contributed by atoms with Crippen LogP contribution in [0.2, 0.25) is 5.02 Å². The largest absolute Gasteiger partial charge is 0.460 e. The van der Waals surface area contributed by atoms with Crippen LogP contribution in [0.4, 0.5) is 20.4 Å². The molecule has 11 heteroatoms. The summed E-state index contributed by atoms with van der Waals surface area (Å²) in [7, 11) is 0. The minimum absolute atomic E-state index is 0.00771. The number of aromatic nitrogens is 3. The first kappa shape index (κ1) is 33.5. The lowest BCUT2D eigenvalue weighted by molar-refractivity contribution is -0.172. The Morgan fingerprint density at radius 1 is 1.11 bits per heavy atom. The van der Waals surface area contributed by atoms with Gasteiger partial charge in [0.1, 0.15) is 17.2 Å². The summed E-state index contributed by atoms with van der Waals surface area (Å²) in [6.07, 6.45) is 0.598. The molecule has 44 heavy (non-hydrogen) atoms. The molecule has 1 aliphatic heterocycles. The molecule has 8 nitrogen and oxygen atoms in total. The zero-order chi connectivity index (χ0) is 32.6. The Kier molecular flexibility index (Phi) is 9.57. The van der Waals surface area contributed by atoms with Gasteiger partial charge in [-0.05, 0) is 92.5 Å². The quantitative estimate of drug-likeness (QED) is 0.207. The number of ether oxygens (including phenoxy) is 1. The smallest absolute Gasteiger partial charge is 0.313 e. The van der Waals surface area contributed by atoms with Crippen molar-refractivity contribution in [2.45, 2.75) is 91.8 Å². The molecule has 2 atom stereocenters.